The third-order valence-corrected chi connectivity index (χ3v) is 5.40. The van der Waals surface area contributed by atoms with Crippen LogP contribution in [0.2, 0.25) is 10.0 Å². The van der Waals surface area contributed by atoms with Gasteiger partial charge in [0.25, 0.3) is 11.8 Å². The van der Waals surface area contributed by atoms with Gasteiger partial charge < -0.3 is 4.42 Å². The molecule has 6 nitrogen and oxygen atoms in total. The molecule has 0 saturated carbocycles. The van der Waals surface area contributed by atoms with Crippen LogP contribution in [0.15, 0.2) is 83.3 Å². The number of hydrogen-bond donors (Lipinski definition) is 1. The summed E-state index contributed by atoms with van der Waals surface area (Å²) >= 11 is 12.4. The maximum absolute atomic E-state index is 13.2. The van der Waals surface area contributed by atoms with E-state index in [0.717, 1.165) is 5.56 Å². The molecule has 5 rings (SSSR count). The highest BCUT2D eigenvalue weighted by Gasteiger charge is 2.18. The summed E-state index contributed by atoms with van der Waals surface area (Å²) in [6.45, 7) is 0. The van der Waals surface area contributed by atoms with E-state index in [9.17, 15) is 4.79 Å². The molecule has 1 amide bonds. The van der Waals surface area contributed by atoms with E-state index in [4.69, 9.17) is 27.6 Å². The Morgan fingerprint density at radius 3 is 2.47 bits per heavy atom. The molecule has 2 aromatic heterocycles. The van der Waals surface area contributed by atoms with Crippen LogP contribution in [0.25, 0.3) is 33.6 Å². The van der Waals surface area contributed by atoms with Crippen molar-refractivity contribution in [3.8, 4) is 22.7 Å². The average molecular weight is 461 g/mol. The fourth-order valence-electron chi connectivity index (χ4n) is 3.32. The molecule has 0 aliphatic rings. The number of carbonyl (C=O) groups is 1. The first-order valence-electron chi connectivity index (χ1n) is 9.64. The summed E-state index contributed by atoms with van der Waals surface area (Å²) in [7, 11) is 0. The highest BCUT2D eigenvalue weighted by Crippen LogP contribution is 2.29. The van der Waals surface area contributed by atoms with Gasteiger partial charge in [-0.25, -0.2) is 4.98 Å². The van der Waals surface area contributed by atoms with Crippen molar-refractivity contribution in [1.82, 2.24) is 15.2 Å². The Morgan fingerprint density at radius 1 is 0.875 bits per heavy atom. The number of aromatic nitrogens is 3. The van der Waals surface area contributed by atoms with Crippen molar-refractivity contribution >= 4 is 46.0 Å². The van der Waals surface area contributed by atoms with Crippen LogP contribution in [0.5, 0.6) is 0 Å². The Hall–Kier alpha value is -3.74. The smallest absolute Gasteiger partial charge is 0.322 e. The molecule has 5 aromatic rings. The summed E-state index contributed by atoms with van der Waals surface area (Å²) in [5, 5.41) is 12.2. The summed E-state index contributed by atoms with van der Waals surface area (Å²) in [5.74, 6) is -0.218. The van der Waals surface area contributed by atoms with Crippen molar-refractivity contribution in [1.29, 1.82) is 0 Å². The Labute approximate surface area is 192 Å². The number of fused-ring (bicyclic) bond motifs is 1. The zero-order valence-corrected chi connectivity index (χ0v) is 17.9. The van der Waals surface area contributed by atoms with Crippen molar-refractivity contribution < 1.29 is 9.21 Å². The molecule has 3 aromatic carbocycles. The van der Waals surface area contributed by atoms with Gasteiger partial charge in [-0.05, 0) is 36.4 Å². The average Bonchev–Trinajstić information content (AvgIpc) is 3.27. The molecule has 0 saturated heterocycles. The zero-order valence-electron chi connectivity index (χ0n) is 16.4. The van der Waals surface area contributed by atoms with E-state index in [1.165, 1.54) is 0 Å². The van der Waals surface area contributed by atoms with Gasteiger partial charge in [0.05, 0.1) is 27.4 Å². The first-order chi connectivity index (χ1) is 15.6. The van der Waals surface area contributed by atoms with E-state index in [2.05, 4.69) is 20.5 Å². The predicted octanol–water partition coefficient (Wildman–Crippen LogP) is 6.51. The maximum Gasteiger partial charge on any atom is 0.322 e. The monoisotopic (exact) mass is 460 g/mol. The van der Waals surface area contributed by atoms with Crippen LogP contribution in [-0.2, 0) is 0 Å². The van der Waals surface area contributed by atoms with Crippen LogP contribution in [0, 0.1) is 0 Å². The molecule has 0 radical (unpaired) electrons. The van der Waals surface area contributed by atoms with Crippen LogP contribution in [-0.4, -0.2) is 21.1 Å². The van der Waals surface area contributed by atoms with Gasteiger partial charge in [-0.3, -0.25) is 10.1 Å². The first kappa shape index (κ1) is 20.2. The molecule has 2 heterocycles. The standard InChI is InChI=1S/C24H14Cl2N4O2/c25-15-10-11-20-17(12-15)18(13-21(27-20)14-6-2-1-3-7-14)22(31)28-24-30-29-23(32-24)16-8-4-5-9-19(16)26/h1-13H,(H,28,30,31). The van der Waals surface area contributed by atoms with Gasteiger partial charge in [0, 0.05) is 16.0 Å². The van der Waals surface area contributed by atoms with Crippen LogP contribution in [0.4, 0.5) is 6.01 Å². The Kier molecular flexibility index (Phi) is 5.31. The van der Waals surface area contributed by atoms with Crippen LogP contribution < -0.4 is 5.32 Å². The molecule has 0 atom stereocenters. The minimum Gasteiger partial charge on any atom is -0.403 e. The molecular formula is C24H14Cl2N4O2. The van der Waals surface area contributed by atoms with Gasteiger partial charge in [-0.1, -0.05) is 70.8 Å². The molecule has 0 spiro atoms. The second-order valence-electron chi connectivity index (χ2n) is 6.93. The Morgan fingerprint density at radius 2 is 1.66 bits per heavy atom. The predicted molar refractivity (Wildman–Crippen MR) is 125 cm³/mol. The summed E-state index contributed by atoms with van der Waals surface area (Å²) in [4.78, 5) is 17.9. The minimum atomic E-state index is -0.425. The van der Waals surface area contributed by atoms with Crippen molar-refractivity contribution in [3.63, 3.8) is 0 Å². The number of anilines is 1. The van der Waals surface area contributed by atoms with Crippen LogP contribution >= 0.6 is 23.2 Å². The van der Waals surface area contributed by atoms with Gasteiger partial charge in [0.1, 0.15) is 0 Å². The largest absolute Gasteiger partial charge is 0.403 e. The number of rotatable bonds is 4. The molecule has 0 unspecified atom stereocenters. The van der Waals surface area contributed by atoms with E-state index < -0.39 is 5.91 Å². The van der Waals surface area contributed by atoms with Gasteiger partial charge in [0.2, 0.25) is 0 Å². The number of hydrogen-bond acceptors (Lipinski definition) is 5. The van der Waals surface area contributed by atoms with Gasteiger partial charge in [0.15, 0.2) is 0 Å². The van der Waals surface area contributed by atoms with E-state index in [-0.39, 0.29) is 11.9 Å². The summed E-state index contributed by atoms with van der Waals surface area (Å²) in [5.41, 5.74) is 3.15. The molecule has 0 aliphatic heterocycles. The SMILES string of the molecule is O=C(Nc1nnc(-c2ccccc2Cl)o1)c1cc(-c2ccccc2)nc2ccc(Cl)cc12. The number of carbonyl (C=O) groups excluding carboxylic acids is 1. The van der Waals surface area contributed by atoms with E-state index in [1.54, 1.807) is 42.5 Å². The number of benzene rings is 3. The lowest BCUT2D eigenvalue weighted by atomic mass is 10.0. The Bertz CT molecular complexity index is 1450. The fourth-order valence-corrected chi connectivity index (χ4v) is 3.71. The van der Waals surface area contributed by atoms with Gasteiger partial charge in [-0.2, -0.15) is 0 Å². The highest BCUT2D eigenvalue weighted by atomic mass is 35.5. The number of nitrogens with one attached hydrogen (secondary N) is 1. The summed E-state index contributed by atoms with van der Waals surface area (Å²) < 4.78 is 5.61. The van der Waals surface area contributed by atoms with E-state index in [0.29, 0.717) is 37.8 Å². The maximum atomic E-state index is 13.2. The van der Waals surface area contributed by atoms with Crippen molar-refractivity contribution in [2.24, 2.45) is 0 Å². The number of pyridine rings is 1. The van der Waals surface area contributed by atoms with Crippen LogP contribution in [0.1, 0.15) is 10.4 Å². The lowest BCUT2D eigenvalue weighted by Crippen LogP contribution is -2.13. The minimum absolute atomic E-state index is 0.0434. The lowest BCUT2D eigenvalue weighted by Gasteiger charge is -2.09. The van der Waals surface area contributed by atoms with Crippen molar-refractivity contribution in [2.75, 3.05) is 5.32 Å². The Balaban J connectivity index is 1.53. The quantitative estimate of drug-likeness (QED) is 0.330. The highest BCUT2D eigenvalue weighted by molar-refractivity contribution is 6.33. The third kappa shape index (κ3) is 3.93. The van der Waals surface area contributed by atoms with Gasteiger partial charge in [-0.15, -0.1) is 5.10 Å². The molecule has 0 fully saturated rings. The van der Waals surface area contributed by atoms with Crippen molar-refractivity contribution in [2.45, 2.75) is 0 Å². The molecule has 0 aliphatic carbocycles. The summed E-state index contributed by atoms with van der Waals surface area (Å²) in [6, 6.07) is 23.6. The molecule has 156 valence electrons. The molecule has 0 bridgehead atoms. The molecule has 1 N–H and O–H groups in total. The number of nitrogens with zero attached hydrogens (tertiary/aromatic N) is 3. The second kappa shape index (κ2) is 8.42. The molecule has 32 heavy (non-hydrogen) atoms. The fraction of sp³-hybridized carbons (Fsp3) is 0. The van der Waals surface area contributed by atoms with E-state index in [1.807, 2.05) is 36.4 Å². The second-order valence-corrected chi connectivity index (χ2v) is 7.77. The molecule has 8 heteroatoms. The number of halogens is 2. The number of amides is 1. The van der Waals surface area contributed by atoms with Crippen molar-refractivity contribution in [3.05, 3.63) is 94.5 Å². The topological polar surface area (TPSA) is 80.9 Å². The normalized spacial score (nSPS) is 10.9. The molecular weight excluding hydrogens is 447 g/mol. The zero-order chi connectivity index (χ0) is 22.1. The summed E-state index contributed by atoms with van der Waals surface area (Å²) in [6.07, 6.45) is 0. The van der Waals surface area contributed by atoms with Gasteiger partial charge >= 0.3 is 6.01 Å². The van der Waals surface area contributed by atoms with E-state index >= 15 is 0 Å². The lowest BCUT2D eigenvalue weighted by molar-refractivity contribution is 0.102. The first-order valence-corrected chi connectivity index (χ1v) is 10.4. The third-order valence-electron chi connectivity index (χ3n) is 4.83. The van der Waals surface area contributed by atoms with Crippen LogP contribution in [0.3, 0.4) is 0 Å².